The summed E-state index contributed by atoms with van der Waals surface area (Å²) < 4.78 is 5.24. The molecule has 2 N–H and O–H groups in total. The molecule has 5 heteroatoms. The Bertz CT molecular complexity index is 748. The van der Waals surface area contributed by atoms with E-state index in [2.05, 4.69) is 42.7 Å². The SMILES string of the molecule is COc1ccc([C@H](CC(C)C)NC(=S)Nc2ccc(CC#N)cc2)cc1. The van der Waals surface area contributed by atoms with Crippen molar-refractivity contribution in [2.75, 3.05) is 12.4 Å². The van der Waals surface area contributed by atoms with E-state index in [9.17, 15) is 0 Å². The van der Waals surface area contributed by atoms with Crippen molar-refractivity contribution in [3.63, 3.8) is 0 Å². The average molecular weight is 368 g/mol. The van der Waals surface area contributed by atoms with Gasteiger partial charge in [-0.3, -0.25) is 0 Å². The fourth-order valence-electron chi connectivity index (χ4n) is 2.71. The van der Waals surface area contributed by atoms with E-state index in [1.807, 2.05) is 36.4 Å². The van der Waals surface area contributed by atoms with Gasteiger partial charge in [-0.2, -0.15) is 5.26 Å². The lowest BCUT2D eigenvalue weighted by Gasteiger charge is -2.23. The summed E-state index contributed by atoms with van der Waals surface area (Å²) in [4.78, 5) is 0. The minimum absolute atomic E-state index is 0.124. The van der Waals surface area contributed by atoms with Crippen molar-refractivity contribution in [2.24, 2.45) is 5.92 Å². The molecule has 1 atom stereocenters. The Morgan fingerprint density at radius 1 is 1.12 bits per heavy atom. The molecule has 0 aromatic heterocycles. The van der Waals surface area contributed by atoms with Crippen LogP contribution in [0.4, 0.5) is 5.69 Å². The molecule has 26 heavy (non-hydrogen) atoms. The second-order valence-electron chi connectivity index (χ2n) is 6.59. The van der Waals surface area contributed by atoms with Gasteiger partial charge >= 0.3 is 0 Å². The summed E-state index contributed by atoms with van der Waals surface area (Å²) in [6, 6.07) is 18.1. The number of nitrogens with zero attached hydrogens (tertiary/aromatic N) is 1. The van der Waals surface area contributed by atoms with E-state index in [1.165, 1.54) is 5.56 Å². The highest BCUT2D eigenvalue weighted by atomic mass is 32.1. The van der Waals surface area contributed by atoms with Crippen molar-refractivity contribution in [2.45, 2.75) is 32.7 Å². The molecule has 0 unspecified atom stereocenters. The molecule has 0 bridgehead atoms. The van der Waals surface area contributed by atoms with Crippen LogP contribution >= 0.6 is 12.2 Å². The molecule has 2 aromatic carbocycles. The van der Waals surface area contributed by atoms with Gasteiger partial charge in [-0.25, -0.2) is 0 Å². The summed E-state index contributed by atoms with van der Waals surface area (Å²) in [7, 11) is 1.67. The third-order valence-corrected chi connectivity index (χ3v) is 4.25. The maximum absolute atomic E-state index is 8.74. The molecule has 0 fully saturated rings. The number of nitrogens with one attached hydrogen (secondary N) is 2. The summed E-state index contributed by atoms with van der Waals surface area (Å²) >= 11 is 5.50. The van der Waals surface area contributed by atoms with Crippen LogP contribution < -0.4 is 15.4 Å². The summed E-state index contributed by atoms with van der Waals surface area (Å²) in [5, 5.41) is 16.0. The van der Waals surface area contributed by atoms with Crippen LogP contribution in [0.2, 0.25) is 0 Å². The van der Waals surface area contributed by atoms with E-state index in [0.29, 0.717) is 17.5 Å². The predicted molar refractivity (Wildman–Crippen MR) is 110 cm³/mol. The van der Waals surface area contributed by atoms with Crippen LogP contribution in [0.3, 0.4) is 0 Å². The van der Waals surface area contributed by atoms with Gasteiger partial charge in [0.15, 0.2) is 5.11 Å². The predicted octanol–water partition coefficient (Wildman–Crippen LogP) is 4.84. The zero-order chi connectivity index (χ0) is 18.9. The van der Waals surface area contributed by atoms with Gasteiger partial charge in [0.25, 0.3) is 0 Å². The first-order valence-corrected chi connectivity index (χ1v) is 9.10. The molecule has 2 rings (SSSR count). The first kappa shape index (κ1) is 19.7. The van der Waals surface area contributed by atoms with Crippen LogP contribution in [0.25, 0.3) is 0 Å². The molecule has 0 saturated heterocycles. The van der Waals surface area contributed by atoms with Gasteiger partial charge in [-0.1, -0.05) is 38.1 Å². The summed E-state index contributed by atoms with van der Waals surface area (Å²) in [5.41, 5.74) is 3.07. The Hall–Kier alpha value is -2.58. The number of hydrogen-bond donors (Lipinski definition) is 2. The number of methoxy groups -OCH3 is 1. The first-order valence-electron chi connectivity index (χ1n) is 8.69. The van der Waals surface area contributed by atoms with Gasteiger partial charge in [0, 0.05) is 5.69 Å². The maximum atomic E-state index is 8.74. The van der Waals surface area contributed by atoms with Gasteiger partial charge in [-0.05, 0) is 59.9 Å². The van der Waals surface area contributed by atoms with Crippen molar-refractivity contribution in [1.82, 2.24) is 5.32 Å². The maximum Gasteiger partial charge on any atom is 0.171 e. The molecule has 4 nitrogen and oxygen atoms in total. The van der Waals surface area contributed by atoms with E-state index in [4.69, 9.17) is 22.2 Å². The molecule has 0 saturated carbocycles. The van der Waals surface area contributed by atoms with Gasteiger partial charge in [-0.15, -0.1) is 0 Å². The van der Waals surface area contributed by atoms with E-state index in [0.717, 1.165) is 23.4 Å². The average Bonchev–Trinajstić information content (AvgIpc) is 2.63. The largest absolute Gasteiger partial charge is 0.497 e. The molecule has 0 spiro atoms. The van der Waals surface area contributed by atoms with E-state index in [-0.39, 0.29) is 6.04 Å². The van der Waals surface area contributed by atoms with Gasteiger partial charge in [0.2, 0.25) is 0 Å². The number of rotatable bonds is 7. The number of nitriles is 1. The highest BCUT2D eigenvalue weighted by Crippen LogP contribution is 2.24. The smallest absolute Gasteiger partial charge is 0.171 e. The van der Waals surface area contributed by atoms with E-state index >= 15 is 0 Å². The van der Waals surface area contributed by atoms with Crippen molar-refractivity contribution < 1.29 is 4.74 Å². The fourth-order valence-corrected chi connectivity index (χ4v) is 2.97. The zero-order valence-corrected chi connectivity index (χ0v) is 16.3. The quantitative estimate of drug-likeness (QED) is 0.686. The minimum Gasteiger partial charge on any atom is -0.497 e. The fraction of sp³-hybridized carbons (Fsp3) is 0.333. The van der Waals surface area contributed by atoms with Gasteiger partial charge in [0.05, 0.1) is 25.6 Å². The monoisotopic (exact) mass is 367 g/mol. The molecule has 0 aliphatic rings. The summed E-state index contributed by atoms with van der Waals surface area (Å²) in [6.45, 7) is 4.39. The Morgan fingerprint density at radius 3 is 2.31 bits per heavy atom. The normalized spacial score (nSPS) is 11.5. The molecule has 0 aliphatic heterocycles. The van der Waals surface area contributed by atoms with Crippen LogP contribution in [-0.4, -0.2) is 12.2 Å². The lowest BCUT2D eigenvalue weighted by Crippen LogP contribution is -2.33. The second-order valence-corrected chi connectivity index (χ2v) is 6.99. The summed E-state index contributed by atoms with van der Waals surface area (Å²) in [6.07, 6.45) is 1.38. The van der Waals surface area contributed by atoms with Crippen LogP contribution in [0.15, 0.2) is 48.5 Å². The van der Waals surface area contributed by atoms with Crippen LogP contribution in [0.1, 0.15) is 37.4 Å². The lowest BCUT2D eigenvalue weighted by molar-refractivity contribution is 0.414. The topological polar surface area (TPSA) is 57.1 Å². The van der Waals surface area contributed by atoms with Crippen LogP contribution in [0, 0.1) is 17.2 Å². The van der Waals surface area contributed by atoms with Gasteiger partial charge in [0.1, 0.15) is 5.75 Å². The van der Waals surface area contributed by atoms with E-state index < -0.39 is 0 Å². The molecule has 2 aromatic rings. The molecular formula is C21H25N3OS. The standard InChI is InChI=1S/C21H25N3OS/c1-15(2)14-20(17-6-10-19(25-3)11-7-17)24-21(26)23-18-8-4-16(5-9-18)12-13-22/h4-11,15,20H,12,14H2,1-3H3,(H2,23,24,26)/t20-/m0/s1. The number of thiocarbonyl (C=S) groups is 1. The van der Waals surface area contributed by atoms with Crippen LogP contribution in [0.5, 0.6) is 5.75 Å². The molecule has 0 radical (unpaired) electrons. The third-order valence-electron chi connectivity index (χ3n) is 4.03. The number of hydrogen-bond acceptors (Lipinski definition) is 3. The van der Waals surface area contributed by atoms with Gasteiger partial charge < -0.3 is 15.4 Å². The van der Waals surface area contributed by atoms with Crippen molar-refractivity contribution in [3.8, 4) is 11.8 Å². The third kappa shape index (κ3) is 6.05. The molecule has 0 amide bonds. The summed E-state index contributed by atoms with van der Waals surface area (Å²) in [5.74, 6) is 1.37. The highest BCUT2D eigenvalue weighted by molar-refractivity contribution is 7.80. The number of ether oxygens (including phenoxy) is 1. The number of benzene rings is 2. The Labute approximate surface area is 161 Å². The molecule has 0 heterocycles. The Kier molecular flexibility index (Phi) is 7.43. The van der Waals surface area contributed by atoms with Crippen LogP contribution in [-0.2, 0) is 6.42 Å². The van der Waals surface area contributed by atoms with Crippen molar-refractivity contribution >= 4 is 23.0 Å². The number of anilines is 1. The van der Waals surface area contributed by atoms with Crippen molar-refractivity contribution in [1.29, 1.82) is 5.26 Å². The molecular weight excluding hydrogens is 342 g/mol. The minimum atomic E-state index is 0.124. The zero-order valence-electron chi connectivity index (χ0n) is 15.5. The highest BCUT2D eigenvalue weighted by Gasteiger charge is 2.15. The first-order chi connectivity index (χ1) is 12.5. The molecule has 136 valence electrons. The Morgan fingerprint density at radius 2 is 1.77 bits per heavy atom. The molecule has 0 aliphatic carbocycles. The van der Waals surface area contributed by atoms with E-state index in [1.54, 1.807) is 7.11 Å². The van der Waals surface area contributed by atoms with Crippen molar-refractivity contribution in [3.05, 3.63) is 59.7 Å². The second kappa shape index (κ2) is 9.79. The lowest BCUT2D eigenvalue weighted by atomic mass is 9.97. The Balaban J connectivity index is 2.04.